The van der Waals surface area contributed by atoms with Gasteiger partial charge in [-0.2, -0.15) is 0 Å². The van der Waals surface area contributed by atoms with Crippen LogP contribution in [0.1, 0.15) is 15.4 Å². The molecule has 0 spiro atoms. The largest absolute Gasteiger partial charge is 0.346 e. The van der Waals surface area contributed by atoms with Crippen molar-refractivity contribution in [2.75, 3.05) is 0 Å². The van der Waals surface area contributed by atoms with E-state index in [0.717, 1.165) is 11.4 Å². The summed E-state index contributed by atoms with van der Waals surface area (Å²) in [7, 11) is 0. The van der Waals surface area contributed by atoms with Crippen LogP contribution in [-0.2, 0) is 6.54 Å². The Labute approximate surface area is 120 Å². The average Bonchev–Trinajstić information content (AvgIpc) is 3.15. The molecule has 4 nitrogen and oxygen atoms in total. The smallest absolute Gasteiger partial charge is 0.263 e. The van der Waals surface area contributed by atoms with Crippen LogP contribution < -0.4 is 5.32 Å². The maximum atomic E-state index is 12.3. The fourth-order valence-corrected chi connectivity index (χ4v) is 2.73. The van der Waals surface area contributed by atoms with Crippen molar-refractivity contribution in [2.45, 2.75) is 6.54 Å². The van der Waals surface area contributed by atoms with E-state index in [2.05, 4.69) is 10.3 Å². The third kappa shape index (κ3) is 2.62. The number of hydrogen-bond acceptors (Lipinski definition) is 3. The molecule has 0 unspecified atom stereocenters. The highest BCUT2D eigenvalue weighted by atomic mass is 32.1. The molecule has 3 rings (SSSR count). The van der Waals surface area contributed by atoms with E-state index in [1.54, 1.807) is 6.20 Å². The first-order valence-electron chi connectivity index (χ1n) is 6.23. The third-order valence-corrected chi connectivity index (χ3v) is 3.79. The molecule has 3 aromatic rings. The van der Waals surface area contributed by atoms with Crippen LogP contribution >= 0.6 is 11.3 Å². The van der Waals surface area contributed by atoms with Gasteiger partial charge >= 0.3 is 0 Å². The second-order valence-electron chi connectivity index (χ2n) is 4.23. The lowest BCUT2D eigenvalue weighted by atomic mass is 10.3. The molecule has 1 N–H and O–H groups in total. The van der Waals surface area contributed by atoms with Gasteiger partial charge < -0.3 is 9.88 Å². The number of hydrogen-bond donors (Lipinski definition) is 1. The number of thiophene rings is 1. The van der Waals surface area contributed by atoms with Crippen LogP contribution in [0, 0.1) is 0 Å². The predicted molar refractivity (Wildman–Crippen MR) is 79.1 cm³/mol. The standard InChI is InChI=1S/C15H13N3OS/c19-15(17-11-12-5-1-2-7-16-12)14-13(6-10-20-14)18-8-3-4-9-18/h1-10H,11H2,(H,17,19). The molecule has 20 heavy (non-hydrogen) atoms. The fraction of sp³-hybridized carbons (Fsp3) is 0.0667. The topological polar surface area (TPSA) is 46.9 Å². The molecule has 0 aliphatic heterocycles. The van der Waals surface area contributed by atoms with E-state index in [9.17, 15) is 4.79 Å². The average molecular weight is 283 g/mol. The minimum Gasteiger partial charge on any atom is -0.346 e. The van der Waals surface area contributed by atoms with Crippen LogP contribution in [0.15, 0.2) is 60.4 Å². The summed E-state index contributed by atoms with van der Waals surface area (Å²) >= 11 is 1.44. The van der Waals surface area contributed by atoms with E-state index in [4.69, 9.17) is 0 Å². The van der Waals surface area contributed by atoms with Gasteiger partial charge in [-0.25, -0.2) is 0 Å². The molecule has 0 atom stereocenters. The minimum atomic E-state index is -0.0747. The van der Waals surface area contributed by atoms with Gasteiger partial charge in [-0.3, -0.25) is 9.78 Å². The molecule has 0 aliphatic carbocycles. The van der Waals surface area contributed by atoms with Crippen molar-refractivity contribution in [3.8, 4) is 5.69 Å². The number of aromatic nitrogens is 2. The predicted octanol–water partition coefficient (Wildman–Crippen LogP) is 2.86. The Morgan fingerprint density at radius 1 is 1.20 bits per heavy atom. The van der Waals surface area contributed by atoms with Gasteiger partial charge in [0.25, 0.3) is 5.91 Å². The van der Waals surface area contributed by atoms with E-state index in [0.29, 0.717) is 11.4 Å². The van der Waals surface area contributed by atoms with E-state index in [-0.39, 0.29) is 5.91 Å². The van der Waals surface area contributed by atoms with Gasteiger partial charge in [-0.15, -0.1) is 11.3 Å². The Kier molecular flexibility index (Phi) is 3.60. The zero-order valence-corrected chi connectivity index (χ0v) is 11.5. The second-order valence-corrected chi connectivity index (χ2v) is 5.15. The second kappa shape index (κ2) is 5.71. The van der Waals surface area contributed by atoms with Gasteiger partial charge in [0, 0.05) is 18.6 Å². The van der Waals surface area contributed by atoms with Crippen molar-refractivity contribution in [1.29, 1.82) is 0 Å². The maximum absolute atomic E-state index is 12.3. The Balaban J connectivity index is 1.74. The minimum absolute atomic E-state index is 0.0747. The zero-order valence-electron chi connectivity index (χ0n) is 10.7. The van der Waals surface area contributed by atoms with Crippen LogP contribution in [0.4, 0.5) is 0 Å². The Hall–Kier alpha value is -2.40. The van der Waals surface area contributed by atoms with Crippen LogP contribution in [-0.4, -0.2) is 15.5 Å². The van der Waals surface area contributed by atoms with E-state index < -0.39 is 0 Å². The van der Waals surface area contributed by atoms with Crippen molar-refractivity contribution in [3.63, 3.8) is 0 Å². The molecule has 100 valence electrons. The maximum Gasteiger partial charge on any atom is 0.263 e. The van der Waals surface area contributed by atoms with Gasteiger partial charge in [-0.1, -0.05) is 6.07 Å². The van der Waals surface area contributed by atoms with Gasteiger partial charge in [0.05, 0.1) is 17.9 Å². The van der Waals surface area contributed by atoms with Crippen molar-refractivity contribution in [1.82, 2.24) is 14.9 Å². The number of pyridine rings is 1. The van der Waals surface area contributed by atoms with Crippen molar-refractivity contribution in [3.05, 3.63) is 70.9 Å². The highest BCUT2D eigenvalue weighted by Crippen LogP contribution is 2.21. The first kappa shape index (κ1) is 12.6. The van der Waals surface area contributed by atoms with Crippen LogP contribution in [0.3, 0.4) is 0 Å². The van der Waals surface area contributed by atoms with Crippen LogP contribution in [0.5, 0.6) is 0 Å². The molecule has 3 aromatic heterocycles. The number of amides is 1. The van der Waals surface area contributed by atoms with Gasteiger partial charge in [0.2, 0.25) is 0 Å². The summed E-state index contributed by atoms with van der Waals surface area (Å²) in [6.45, 7) is 0.433. The van der Waals surface area contributed by atoms with Crippen molar-refractivity contribution < 1.29 is 4.79 Å². The number of carbonyl (C=O) groups excluding carboxylic acids is 1. The van der Waals surface area contributed by atoms with E-state index >= 15 is 0 Å². The molecule has 0 saturated carbocycles. The van der Waals surface area contributed by atoms with Crippen LogP contribution in [0.25, 0.3) is 5.69 Å². The summed E-state index contributed by atoms with van der Waals surface area (Å²) in [5, 5.41) is 4.82. The normalized spacial score (nSPS) is 10.4. The first-order valence-corrected chi connectivity index (χ1v) is 7.11. The third-order valence-electron chi connectivity index (χ3n) is 2.89. The highest BCUT2D eigenvalue weighted by molar-refractivity contribution is 7.12. The highest BCUT2D eigenvalue weighted by Gasteiger charge is 2.13. The molecule has 3 heterocycles. The lowest BCUT2D eigenvalue weighted by Gasteiger charge is -2.06. The van der Waals surface area contributed by atoms with Crippen molar-refractivity contribution in [2.24, 2.45) is 0 Å². The zero-order chi connectivity index (χ0) is 13.8. The summed E-state index contributed by atoms with van der Waals surface area (Å²) in [6.07, 6.45) is 5.58. The Morgan fingerprint density at radius 3 is 2.80 bits per heavy atom. The summed E-state index contributed by atoms with van der Waals surface area (Å²) in [6, 6.07) is 11.5. The molecule has 0 bridgehead atoms. The molecule has 5 heteroatoms. The summed E-state index contributed by atoms with van der Waals surface area (Å²) in [5.74, 6) is -0.0747. The van der Waals surface area contributed by atoms with Gasteiger partial charge in [0.1, 0.15) is 4.88 Å². The number of nitrogens with zero attached hydrogens (tertiary/aromatic N) is 2. The fourth-order valence-electron chi connectivity index (χ4n) is 1.92. The Morgan fingerprint density at radius 2 is 2.05 bits per heavy atom. The molecular formula is C15H13N3OS. The van der Waals surface area contributed by atoms with E-state index in [1.165, 1.54) is 11.3 Å². The molecular weight excluding hydrogens is 270 g/mol. The summed E-state index contributed by atoms with van der Waals surface area (Å²) in [4.78, 5) is 17.1. The van der Waals surface area contributed by atoms with Gasteiger partial charge in [0.15, 0.2) is 0 Å². The number of rotatable bonds is 4. The molecule has 0 aliphatic rings. The quantitative estimate of drug-likeness (QED) is 0.800. The van der Waals surface area contributed by atoms with Crippen LogP contribution in [0.2, 0.25) is 0 Å². The summed E-state index contributed by atoms with van der Waals surface area (Å²) < 4.78 is 1.94. The van der Waals surface area contributed by atoms with E-state index in [1.807, 2.05) is 58.7 Å². The lowest BCUT2D eigenvalue weighted by Crippen LogP contribution is -2.23. The summed E-state index contributed by atoms with van der Waals surface area (Å²) in [5.41, 5.74) is 1.75. The molecule has 0 aromatic carbocycles. The first-order chi connectivity index (χ1) is 9.84. The monoisotopic (exact) mass is 283 g/mol. The molecule has 0 fully saturated rings. The lowest BCUT2D eigenvalue weighted by molar-refractivity contribution is 0.0954. The SMILES string of the molecule is O=C(NCc1ccccn1)c1sccc1-n1cccc1. The number of nitrogens with one attached hydrogen (secondary N) is 1. The number of carbonyl (C=O) groups is 1. The van der Waals surface area contributed by atoms with Gasteiger partial charge in [-0.05, 0) is 35.7 Å². The molecule has 0 radical (unpaired) electrons. The molecule has 0 saturated heterocycles. The molecule has 1 amide bonds. The Bertz CT molecular complexity index is 689. The van der Waals surface area contributed by atoms with Crippen molar-refractivity contribution >= 4 is 17.2 Å².